The van der Waals surface area contributed by atoms with Crippen LogP contribution < -0.4 is 10.2 Å². The lowest BCUT2D eigenvalue weighted by molar-refractivity contribution is -0.148. The Hall–Kier alpha value is -2.37. The normalized spacial score (nSPS) is 26.4. The first-order valence-corrected chi connectivity index (χ1v) is 9.95. The van der Waals surface area contributed by atoms with Crippen LogP contribution >= 0.6 is 0 Å². The molecule has 3 atom stereocenters. The van der Waals surface area contributed by atoms with Gasteiger partial charge in [0.2, 0.25) is 5.91 Å². The largest absolute Gasteiger partial charge is 0.456 e. The number of carbonyl (C=O) groups excluding carboxylic acids is 3. The van der Waals surface area contributed by atoms with Crippen molar-refractivity contribution in [2.75, 3.05) is 23.4 Å². The van der Waals surface area contributed by atoms with Crippen molar-refractivity contribution in [1.82, 2.24) is 0 Å². The van der Waals surface area contributed by atoms with E-state index in [0.717, 1.165) is 18.8 Å². The first-order valence-electron chi connectivity index (χ1n) is 9.95. The van der Waals surface area contributed by atoms with Gasteiger partial charge in [0, 0.05) is 19.4 Å². The fourth-order valence-corrected chi connectivity index (χ4v) is 4.95. The van der Waals surface area contributed by atoms with Crippen LogP contribution in [0.3, 0.4) is 0 Å². The highest BCUT2D eigenvalue weighted by molar-refractivity contribution is 6.02. The SMILES string of the molecule is O=C(COC(=O)CC1CC2CCC1C2)Nc1ccccc1N1CCCC1=O. The average molecular weight is 370 g/mol. The van der Waals surface area contributed by atoms with E-state index in [9.17, 15) is 14.4 Å². The third kappa shape index (κ3) is 3.99. The standard InChI is InChI=1S/C21H26N2O4/c24-19(13-27-21(26)12-16-11-14-7-8-15(16)10-14)22-17-4-1-2-5-18(17)23-9-3-6-20(23)25/h1-2,4-5,14-16H,3,6-13H2,(H,22,24). The number of fused-ring (bicyclic) bond motifs is 2. The topological polar surface area (TPSA) is 75.7 Å². The molecule has 1 heterocycles. The molecular weight excluding hydrogens is 344 g/mol. The van der Waals surface area contributed by atoms with Crippen molar-refractivity contribution in [3.63, 3.8) is 0 Å². The minimum Gasteiger partial charge on any atom is -0.456 e. The summed E-state index contributed by atoms with van der Waals surface area (Å²) < 4.78 is 5.20. The second-order valence-electron chi connectivity index (χ2n) is 8.01. The molecule has 2 saturated carbocycles. The second-order valence-corrected chi connectivity index (χ2v) is 8.01. The Balaban J connectivity index is 1.28. The van der Waals surface area contributed by atoms with Gasteiger partial charge in [-0.1, -0.05) is 18.6 Å². The van der Waals surface area contributed by atoms with Crippen molar-refractivity contribution in [2.45, 2.75) is 44.9 Å². The molecule has 3 unspecified atom stereocenters. The number of anilines is 2. The zero-order valence-corrected chi connectivity index (χ0v) is 15.5. The number of para-hydroxylation sites is 2. The quantitative estimate of drug-likeness (QED) is 0.781. The molecule has 2 bridgehead atoms. The predicted molar refractivity (Wildman–Crippen MR) is 101 cm³/mol. The summed E-state index contributed by atoms with van der Waals surface area (Å²) in [6, 6.07) is 7.22. The van der Waals surface area contributed by atoms with Crippen LogP contribution in [0.15, 0.2) is 24.3 Å². The van der Waals surface area contributed by atoms with Gasteiger partial charge in [-0.2, -0.15) is 0 Å². The van der Waals surface area contributed by atoms with Crippen LogP contribution in [0, 0.1) is 17.8 Å². The number of ether oxygens (including phenoxy) is 1. The van der Waals surface area contributed by atoms with Crippen LogP contribution in [-0.2, 0) is 19.1 Å². The van der Waals surface area contributed by atoms with E-state index >= 15 is 0 Å². The molecule has 1 saturated heterocycles. The number of nitrogens with zero attached hydrogens (tertiary/aromatic N) is 1. The lowest BCUT2D eigenvalue weighted by Crippen LogP contribution is -2.27. The number of rotatable bonds is 6. The summed E-state index contributed by atoms with van der Waals surface area (Å²) >= 11 is 0. The predicted octanol–water partition coefficient (Wildman–Crippen LogP) is 3.12. The molecule has 3 fully saturated rings. The van der Waals surface area contributed by atoms with Crippen molar-refractivity contribution in [3.8, 4) is 0 Å². The van der Waals surface area contributed by atoms with Gasteiger partial charge in [0.05, 0.1) is 11.4 Å². The van der Waals surface area contributed by atoms with Gasteiger partial charge in [-0.15, -0.1) is 0 Å². The molecule has 0 aromatic heterocycles. The minimum absolute atomic E-state index is 0.0639. The van der Waals surface area contributed by atoms with Crippen LogP contribution in [0.5, 0.6) is 0 Å². The summed E-state index contributed by atoms with van der Waals surface area (Å²) in [5, 5.41) is 2.77. The Bertz CT molecular complexity index is 747. The number of benzene rings is 1. The van der Waals surface area contributed by atoms with Gasteiger partial charge in [-0.05, 0) is 55.6 Å². The smallest absolute Gasteiger partial charge is 0.306 e. The number of nitrogens with one attached hydrogen (secondary N) is 1. The first kappa shape index (κ1) is 18.0. The number of esters is 1. The Morgan fingerprint density at radius 2 is 2.04 bits per heavy atom. The Labute approximate surface area is 159 Å². The fraction of sp³-hybridized carbons (Fsp3) is 0.571. The molecule has 4 rings (SSSR count). The Morgan fingerprint density at radius 1 is 1.19 bits per heavy atom. The number of amides is 2. The molecule has 6 nitrogen and oxygen atoms in total. The molecule has 2 amide bonds. The van der Waals surface area contributed by atoms with Crippen molar-refractivity contribution in [1.29, 1.82) is 0 Å². The number of carbonyl (C=O) groups is 3. The maximum Gasteiger partial charge on any atom is 0.306 e. The molecule has 6 heteroatoms. The monoisotopic (exact) mass is 370 g/mol. The summed E-state index contributed by atoms with van der Waals surface area (Å²) in [6.07, 6.45) is 6.69. The number of hydrogen-bond donors (Lipinski definition) is 1. The lowest BCUT2D eigenvalue weighted by atomic mass is 9.86. The molecule has 1 aromatic carbocycles. The highest BCUT2D eigenvalue weighted by Crippen LogP contribution is 2.49. The van der Waals surface area contributed by atoms with E-state index in [0.29, 0.717) is 42.6 Å². The second kappa shape index (κ2) is 7.71. The summed E-state index contributed by atoms with van der Waals surface area (Å²) in [5.74, 6) is 1.29. The van der Waals surface area contributed by atoms with Gasteiger partial charge in [-0.25, -0.2) is 0 Å². The third-order valence-electron chi connectivity index (χ3n) is 6.22. The number of hydrogen-bond acceptors (Lipinski definition) is 4. The van der Waals surface area contributed by atoms with Crippen LogP contribution in [-0.4, -0.2) is 30.9 Å². The van der Waals surface area contributed by atoms with Crippen molar-refractivity contribution in [3.05, 3.63) is 24.3 Å². The fourth-order valence-electron chi connectivity index (χ4n) is 4.95. The molecule has 27 heavy (non-hydrogen) atoms. The van der Waals surface area contributed by atoms with Crippen LogP contribution in [0.2, 0.25) is 0 Å². The van der Waals surface area contributed by atoms with Gasteiger partial charge in [0.1, 0.15) is 0 Å². The van der Waals surface area contributed by atoms with Gasteiger partial charge in [-0.3, -0.25) is 14.4 Å². The molecule has 2 aliphatic carbocycles. The van der Waals surface area contributed by atoms with Gasteiger partial charge in [0.15, 0.2) is 6.61 Å². The van der Waals surface area contributed by atoms with Crippen LogP contribution in [0.25, 0.3) is 0 Å². The van der Waals surface area contributed by atoms with Crippen molar-refractivity contribution in [2.24, 2.45) is 17.8 Å². The van der Waals surface area contributed by atoms with Crippen molar-refractivity contribution >= 4 is 29.2 Å². The Morgan fingerprint density at radius 3 is 2.74 bits per heavy atom. The summed E-state index contributed by atoms with van der Waals surface area (Å²) in [4.78, 5) is 38.0. The van der Waals surface area contributed by atoms with E-state index in [-0.39, 0.29) is 24.4 Å². The van der Waals surface area contributed by atoms with Gasteiger partial charge in [0.25, 0.3) is 5.91 Å². The van der Waals surface area contributed by atoms with Crippen LogP contribution in [0.4, 0.5) is 11.4 Å². The van der Waals surface area contributed by atoms with E-state index in [1.165, 1.54) is 19.3 Å². The summed E-state index contributed by atoms with van der Waals surface area (Å²) in [6.45, 7) is 0.367. The van der Waals surface area contributed by atoms with E-state index in [1.54, 1.807) is 17.0 Å². The molecule has 3 aliphatic rings. The molecule has 1 aromatic rings. The maximum atomic E-state index is 12.2. The molecule has 1 N–H and O–H groups in total. The lowest BCUT2D eigenvalue weighted by Gasteiger charge is -2.21. The Kier molecular flexibility index (Phi) is 5.14. The minimum atomic E-state index is -0.379. The van der Waals surface area contributed by atoms with E-state index < -0.39 is 0 Å². The first-order chi connectivity index (χ1) is 13.1. The zero-order valence-electron chi connectivity index (χ0n) is 15.5. The molecule has 1 aliphatic heterocycles. The summed E-state index contributed by atoms with van der Waals surface area (Å²) in [7, 11) is 0. The van der Waals surface area contributed by atoms with E-state index in [2.05, 4.69) is 5.32 Å². The van der Waals surface area contributed by atoms with Gasteiger partial charge >= 0.3 is 5.97 Å². The van der Waals surface area contributed by atoms with Crippen LogP contribution in [0.1, 0.15) is 44.9 Å². The highest BCUT2D eigenvalue weighted by atomic mass is 16.5. The van der Waals surface area contributed by atoms with Crippen molar-refractivity contribution < 1.29 is 19.1 Å². The average Bonchev–Trinajstić information content (AvgIpc) is 3.38. The molecule has 0 radical (unpaired) electrons. The maximum absolute atomic E-state index is 12.2. The molecule has 0 spiro atoms. The summed E-state index contributed by atoms with van der Waals surface area (Å²) in [5.41, 5.74) is 1.27. The zero-order chi connectivity index (χ0) is 18.8. The molecular formula is C21H26N2O4. The van der Waals surface area contributed by atoms with E-state index in [4.69, 9.17) is 4.74 Å². The van der Waals surface area contributed by atoms with Gasteiger partial charge < -0.3 is 15.0 Å². The third-order valence-corrected chi connectivity index (χ3v) is 6.22. The van der Waals surface area contributed by atoms with E-state index in [1.807, 2.05) is 12.1 Å². The molecule has 144 valence electrons. The highest BCUT2D eigenvalue weighted by Gasteiger charge is 2.40.